The summed E-state index contributed by atoms with van der Waals surface area (Å²) in [4.78, 5) is 10.8. The van der Waals surface area contributed by atoms with Gasteiger partial charge in [0.25, 0.3) is 0 Å². The monoisotopic (exact) mass is 264 g/mol. The lowest BCUT2D eigenvalue weighted by molar-refractivity contribution is -0.139. The Morgan fingerprint density at radius 1 is 1.42 bits per heavy atom. The standard InChI is InChI=1S/C15H20O4/c1-19-13-6-4-12(5-7-13)15(18)8-2-3-11(10-15)9-14(16)17/h4-7,11,18H,2-3,8-10H2,1H3,(H,16,17). The van der Waals surface area contributed by atoms with E-state index in [1.165, 1.54) is 0 Å². The van der Waals surface area contributed by atoms with Gasteiger partial charge in [-0.1, -0.05) is 12.1 Å². The molecular formula is C15H20O4. The van der Waals surface area contributed by atoms with E-state index < -0.39 is 11.6 Å². The van der Waals surface area contributed by atoms with Crippen LogP contribution in [0.25, 0.3) is 0 Å². The molecule has 2 N–H and O–H groups in total. The van der Waals surface area contributed by atoms with Gasteiger partial charge in [0.15, 0.2) is 0 Å². The Labute approximate surface area is 113 Å². The molecule has 2 rings (SSSR count). The van der Waals surface area contributed by atoms with Crippen molar-refractivity contribution in [3.8, 4) is 5.75 Å². The zero-order chi connectivity index (χ0) is 13.9. The van der Waals surface area contributed by atoms with Crippen LogP contribution in [-0.4, -0.2) is 23.3 Å². The molecule has 0 aliphatic heterocycles. The van der Waals surface area contributed by atoms with Crippen LogP contribution >= 0.6 is 0 Å². The molecule has 1 aliphatic carbocycles. The number of aliphatic carboxylic acids is 1. The molecule has 1 aliphatic rings. The number of carbonyl (C=O) groups is 1. The third kappa shape index (κ3) is 3.26. The molecule has 2 atom stereocenters. The number of methoxy groups -OCH3 is 1. The van der Waals surface area contributed by atoms with Gasteiger partial charge >= 0.3 is 5.97 Å². The lowest BCUT2D eigenvalue weighted by Crippen LogP contribution is -2.33. The number of hydrogen-bond acceptors (Lipinski definition) is 3. The molecule has 4 heteroatoms. The highest BCUT2D eigenvalue weighted by molar-refractivity contribution is 5.67. The minimum atomic E-state index is -0.898. The fraction of sp³-hybridized carbons (Fsp3) is 0.533. The summed E-state index contributed by atoms with van der Waals surface area (Å²) in [7, 11) is 1.60. The van der Waals surface area contributed by atoms with E-state index in [9.17, 15) is 9.90 Å². The molecule has 0 saturated heterocycles. The maximum absolute atomic E-state index is 10.8. The molecule has 0 aromatic heterocycles. The van der Waals surface area contributed by atoms with E-state index in [4.69, 9.17) is 9.84 Å². The fourth-order valence-corrected chi connectivity index (χ4v) is 2.95. The number of aliphatic hydroxyl groups is 1. The molecule has 1 aromatic carbocycles. The first-order valence-electron chi connectivity index (χ1n) is 6.62. The highest BCUT2D eigenvalue weighted by atomic mass is 16.5. The number of hydrogen-bond donors (Lipinski definition) is 2. The van der Waals surface area contributed by atoms with Gasteiger partial charge in [-0.25, -0.2) is 0 Å². The number of carboxylic acids is 1. The van der Waals surface area contributed by atoms with Gasteiger partial charge < -0.3 is 14.9 Å². The maximum atomic E-state index is 10.8. The minimum absolute atomic E-state index is 0.0540. The van der Waals surface area contributed by atoms with Crippen molar-refractivity contribution in [1.82, 2.24) is 0 Å². The molecular weight excluding hydrogens is 244 g/mol. The van der Waals surface area contributed by atoms with E-state index in [0.717, 1.165) is 24.2 Å². The van der Waals surface area contributed by atoms with E-state index in [2.05, 4.69) is 0 Å². The Hall–Kier alpha value is -1.55. The van der Waals surface area contributed by atoms with Gasteiger partial charge in [0.1, 0.15) is 5.75 Å². The lowest BCUT2D eigenvalue weighted by Gasteiger charge is -2.37. The third-order valence-corrected chi connectivity index (χ3v) is 3.92. The average molecular weight is 264 g/mol. The number of ether oxygens (including phenoxy) is 1. The zero-order valence-electron chi connectivity index (χ0n) is 11.1. The highest BCUT2D eigenvalue weighted by Gasteiger charge is 2.36. The van der Waals surface area contributed by atoms with Crippen LogP contribution in [0.3, 0.4) is 0 Å². The Morgan fingerprint density at radius 3 is 2.68 bits per heavy atom. The summed E-state index contributed by atoms with van der Waals surface area (Å²) in [6.45, 7) is 0. The summed E-state index contributed by atoms with van der Waals surface area (Å²) < 4.78 is 5.10. The van der Waals surface area contributed by atoms with Crippen molar-refractivity contribution >= 4 is 5.97 Å². The fourth-order valence-electron chi connectivity index (χ4n) is 2.95. The second-order valence-corrected chi connectivity index (χ2v) is 5.32. The Morgan fingerprint density at radius 2 is 2.11 bits per heavy atom. The summed E-state index contributed by atoms with van der Waals surface area (Å²) in [6.07, 6.45) is 3.09. The number of rotatable bonds is 4. The van der Waals surface area contributed by atoms with Crippen molar-refractivity contribution in [3.05, 3.63) is 29.8 Å². The second-order valence-electron chi connectivity index (χ2n) is 5.32. The summed E-state index contributed by atoms with van der Waals surface area (Å²) in [6, 6.07) is 7.38. The van der Waals surface area contributed by atoms with E-state index >= 15 is 0 Å². The van der Waals surface area contributed by atoms with Gasteiger partial charge in [-0.3, -0.25) is 4.79 Å². The average Bonchev–Trinajstić information content (AvgIpc) is 2.38. The van der Waals surface area contributed by atoms with Crippen molar-refractivity contribution in [2.45, 2.75) is 37.7 Å². The zero-order valence-corrected chi connectivity index (χ0v) is 11.1. The first-order chi connectivity index (χ1) is 9.03. The molecule has 0 bridgehead atoms. The predicted octanol–water partition coefficient (Wildman–Crippen LogP) is 2.55. The van der Waals surface area contributed by atoms with Crippen LogP contribution in [0.1, 0.15) is 37.7 Å². The molecule has 104 valence electrons. The van der Waals surface area contributed by atoms with Gasteiger partial charge in [-0.2, -0.15) is 0 Å². The quantitative estimate of drug-likeness (QED) is 0.877. The number of carboxylic acid groups (broad SMARTS) is 1. The van der Waals surface area contributed by atoms with Crippen LogP contribution in [0.4, 0.5) is 0 Å². The molecule has 1 fully saturated rings. The number of benzene rings is 1. The summed E-state index contributed by atoms with van der Waals surface area (Å²) >= 11 is 0. The molecule has 19 heavy (non-hydrogen) atoms. The molecule has 1 aromatic rings. The van der Waals surface area contributed by atoms with Gasteiger partial charge in [0.05, 0.1) is 12.7 Å². The van der Waals surface area contributed by atoms with Crippen LogP contribution in [0, 0.1) is 5.92 Å². The van der Waals surface area contributed by atoms with Crippen molar-refractivity contribution in [2.75, 3.05) is 7.11 Å². The van der Waals surface area contributed by atoms with Gasteiger partial charge in [0, 0.05) is 6.42 Å². The SMILES string of the molecule is COc1ccc(C2(O)CCCC(CC(=O)O)C2)cc1. The van der Waals surface area contributed by atoms with Crippen LogP contribution in [0.15, 0.2) is 24.3 Å². The Bertz CT molecular complexity index is 440. The molecule has 4 nitrogen and oxygen atoms in total. The summed E-state index contributed by atoms with van der Waals surface area (Å²) in [5.74, 6) is 0.0209. The van der Waals surface area contributed by atoms with E-state index in [0.29, 0.717) is 12.8 Å². The van der Waals surface area contributed by atoms with Crippen LogP contribution in [0.5, 0.6) is 5.75 Å². The van der Waals surface area contributed by atoms with Crippen molar-refractivity contribution < 1.29 is 19.7 Å². The van der Waals surface area contributed by atoms with E-state index in [-0.39, 0.29) is 12.3 Å². The van der Waals surface area contributed by atoms with Crippen LogP contribution in [0.2, 0.25) is 0 Å². The normalized spacial score (nSPS) is 26.9. The smallest absolute Gasteiger partial charge is 0.303 e. The van der Waals surface area contributed by atoms with Crippen LogP contribution < -0.4 is 4.74 Å². The molecule has 1 saturated carbocycles. The van der Waals surface area contributed by atoms with Gasteiger partial charge in [0.2, 0.25) is 0 Å². The Kier molecular flexibility index (Phi) is 4.10. The topological polar surface area (TPSA) is 66.8 Å². The first-order valence-corrected chi connectivity index (χ1v) is 6.62. The highest BCUT2D eigenvalue weighted by Crippen LogP contribution is 2.41. The minimum Gasteiger partial charge on any atom is -0.497 e. The summed E-state index contributed by atoms with van der Waals surface area (Å²) in [5.41, 5.74) is -0.0478. The predicted molar refractivity (Wildman–Crippen MR) is 71.1 cm³/mol. The van der Waals surface area contributed by atoms with Gasteiger partial charge in [-0.15, -0.1) is 0 Å². The second kappa shape index (κ2) is 5.61. The first kappa shape index (κ1) is 13.9. The van der Waals surface area contributed by atoms with Crippen molar-refractivity contribution in [3.63, 3.8) is 0 Å². The largest absolute Gasteiger partial charge is 0.497 e. The van der Waals surface area contributed by atoms with Gasteiger partial charge in [-0.05, 0) is 49.3 Å². The summed E-state index contributed by atoms with van der Waals surface area (Å²) in [5, 5.41) is 19.6. The lowest BCUT2D eigenvalue weighted by atomic mass is 9.73. The van der Waals surface area contributed by atoms with Crippen molar-refractivity contribution in [1.29, 1.82) is 0 Å². The maximum Gasteiger partial charge on any atom is 0.303 e. The van der Waals surface area contributed by atoms with Crippen LogP contribution in [-0.2, 0) is 10.4 Å². The molecule has 0 amide bonds. The van der Waals surface area contributed by atoms with Crippen molar-refractivity contribution in [2.24, 2.45) is 5.92 Å². The van der Waals surface area contributed by atoms with E-state index in [1.54, 1.807) is 7.11 Å². The van der Waals surface area contributed by atoms with E-state index in [1.807, 2.05) is 24.3 Å². The molecule has 0 spiro atoms. The third-order valence-electron chi connectivity index (χ3n) is 3.92. The molecule has 0 radical (unpaired) electrons. The molecule has 0 heterocycles. The molecule has 2 unspecified atom stereocenters. The Balaban J connectivity index is 2.13.